The second kappa shape index (κ2) is 6.98. The molecule has 0 spiro atoms. The molecule has 0 aliphatic heterocycles. The van der Waals surface area contributed by atoms with Crippen molar-refractivity contribution in [3.8, 4) is 11.5 Å². The number of azide groups is 1. The normalized spacial score (nSPS) is 11.1. The first-order valence-electron chi connectivity index (χ1n) is 6.37. The summed E-state index contributed by atoms with van der Waals surface area (Å²) in [7, 11) is 0. The average Bonchev–Trinajstić information content (AvgIpc) is 2.50. The molecule has 6 heteroatoms. The molecule has 1 N–H and O–H groups in total. The van der Waals surface area contributed by atoms with Crippen LogP contribution in [0.3, 0.4) is 0 Å². The molecule has 0 radical (unpaired) electrons. The van der Waals surface area contributed by atoms with Crippen molar-refractivity contribution >= 4 is 11.6 Å². The molecule has 21 heavy (non-hydrogen) atoms. The van der Waals surface area contributed by atoms with E-state index in [1.807, 2.05) is 30.3 Å². The average molecular weight is 282 g/mol. The molecule has 2 aromatic carbocycles. The summed E-state index contributed by atoms with van der Waals surface area (Å²) in [6.45, 7) is 1.53. The van der Waals surface area contributed by atoms with Gasteiger partial charge in [0.1, 0.15) is 17.5 Å². The molecule has 0 aromatic heterocycles. The summed E-state index contributed by atoms with van der Waals surface area (Å²) in [4.78, 5) is 14.3. The lowest BCUT2D eigenvalue weighted by Crippen LogP contribution is -2.22. The maximum Gasteiger partial charge on any atom is 0.233 e. The third-order valence-electron chi connectivity index (χ3n) is 2.71. The molecular weight excluding hydrogens is 268 g/mol. The highest BCUT2D eigenvalue weighted by molar-refractivity contribution is 5.94. The number of nitrogens with zero attached hydrogens (tertiary/aromatic N) is 3. The Hall–Kier alpha value is -2.98. The van der Waals surface area contributed by atoms with E-state index < -0.39 is 6.04 Å². The van der Waals surface area contributed by atoms with E-state index >= 15 is 0 Å². The molecule has 2 aromatic rings. The largest absolute Gasteiger partial charge is 0.457 e. The highest BCUT2D eigenvalue weighted by Gasteiger charge is 2.10. The molecule has 106 valence electrons. The Balaban J connectivity index is 1.99. The Morgan fingerprint density at radius 1 is 1.14 bits per heavy atom. The summed E-state index contributed by atoms with van der Waals surface area (Å²) in [6.07, 6.45) is 0. The third kappa shape index (κ3) is 4.26. The number of carbonyl (C=O) groups is 1. The van der Waals surface area contributed by atoms with Gasteiger partial charge in [-0.25, -0.2) is 0 Å². The van der Waals surface area contributed by atoms with Crippen molar-refractivity contribution in [1.29, 1.82) is 0 Å². The SMILES string of the molecule is CC(N=[N+]=[N-])C(=O)Nc1ccc(Oc2ccccc2)cc1. The predicted molar refractivity (Wildman–Crippen MR) is 80.2 cm³/mol. The van der Waals surface area contributed by atoms with Crippen LogP contribution in [0.1, 0.15) is 6.92 Å². The number of para-hydroxylation sites is 1. The number of nitrogens with one attached hydrogen (secondary N) is 1. The van der Waals surface area contributed by atoms with Crippen LogP contribution < -0.4 is 10.1 Å². The Kier molecular flexibility index (Phi) is 4.79. The lowest BCUT2D eigenvalue weighted by molar-refractivity contribution is -0.117. The second-order valence-corrected chi connectivity index (χ2v) is 4.31. The molecule has 2 rings (SSSR count). The van der Waals surface area contributed by atoms with Crippen molar-refractivity contribution in [2.24, 2.45) is 5.11 Å². The van der Waals surface area contributed by atoms with E-state index in [0.717, 1.165) is 5.75 Å². The van der Waals surface area contributed by atoms with Gasteiger partial charge in [0.15, 0.2) is 0 Å². The minimum absolute atomic E-state index is 0.357. The lowest BCUT2D eigenvalue weighted by Gasteiger charge is -2.09. The van der Waals surface area contributed by atoms with E-state index in [1.165, 1.54) is 6.92 Å². The fourth-order valence-corrected chi connectivity index (χ4v) is 1.61. The molecule has 0 fully saturated rings. The summed E-state index contributed by atoms with van der Waals surface area (Å²) < 4.78 is 5.65. The fourth-order valence-electron chi connectivity index (χ4n) is 1.61. The van der Waals surface area contributed by atoms with Crippen LogP contribution in [0.2, 0.25) is 0 Å². The van der Waals surface area contributed by atoms with E-state index in [0.29, 0.717) is 11.4 Å². The van der Waals surface area contributed by atoms with E-state index in [9.17, 15) is 4.79 Å². The Morgan fingerprint density at radius 2 is 1.76 bits per heavy atom. The summed E-state index contributed by atoms with van der Waals surface area (Å²) >= 11 is 0. The van der Waals surface area contributed by atoms with Crippen molar-refractivity contribution in [2.45, 2.75) is 13.0 Å². The first-order chi connectivity index (χ1) is 10.2. The Bertz CT molecular complexity index is 649. The van der Waals surface area contributed by atoms with Gasteiger partial charge < -0.3 is 10.1 Å². The van der Waals surface area contributed by atoms with Gasteiger partial charge in [-0.1, -0.05) is 23.3 Å². The maximum atomic E-state index is 11.7. The van der Waals surface area contributed by atoms with Gasteiger partial charge in [0.2, 0.25) is 5.91 Å². The molecule has 0 aliphatic carbocycles. The minimum Gasteiger partial charge on any atom is -0.457 e. The van der Waals surface area contributed by atoms with Crippen LogP contribution in [0.15, 0.2) is 59.7 Å². The minimum atomic E-state index is -0.754. The number of ether oxygens (including phenoxy) is 1. The number of hydrogen-bond acceptors (Lipinski definition) is 3. The van der Waals surface area contributed by atoms with E-state index in [4.69, 9.17) is 10.3 Å². The van der Waals surface area contributed by atoms with Gasteiger partial charge in [-0.05, 0) is 48.9 Å². The van der Waals surface area contributed by atoms with Gasteiger partial charge >= 0.3 is 0 Å². The molecule has 0 heterocycles. The van der Waals surface area contributed by atoms with Crippen LogP contribution in [0, 0.1) is 0 Å². The number of anilines is 1. The van der Waals surface area contributed by atoms with Gasteiger partial charge in [-0.2, -0.15) is 0 Å². The van der Waals surface area contributed by atoms with Crippen LogP contribution in [0.5, 0.6) is 11.5 Å². The molecular formula is C15H14N4O2. The third-order valence-corrected chi connectivity index (χ3v) is 2.71. The molecule has 1 amide bonds. The van der Waals surface area contributed by atoms with Crippen molar-refractivity contribution in [1.82, 2.24) is 0 Å². The summed E-state index contributed by atoms with van der Waals surface area (Å²) in [6, 6.07) is 15.6. The zero-order valence-corrected chi connectivity index (χ0v) is 11.4. The van der Waals surface area contributed by atoms with Gasteiger partial charge in [-0.3, -0.25) is 4.79 Å². The Labute approximate surface area is 122 Å². The van der Waals surface area contributed by atoms with Gasteiger partial charge in [0.05, 0.1) is 0 Å². The van der Waals surface area contributed by atoms with Crippen molar-refractivity contribution < 1.29 is 9.53 Å². The highest BCUT2D eigenvalue weighted by Crippen LogP contribution is 2.22. The highest BCUT2D eigenvalue weighted by atomic mass is 16.5. The van der Waals surface area contributed by atoms with Crippen LogP contribution in [-0.4, -0.2) is 11.9 Å². The molecule has 0 bridgehead atoms. The maximum absolute atomic E-state index is 11.7. The van der Waals surface area contributed by atoms with Crippen LogP contribution >= 0.6 is 0 Å². The standard InChI is InChI=1S/C15H14N4O2/c1-11(18-19-16)15(20)17-12-7-9-14(10-8-12)21-13-5-3-2-4-6-13/h2-11H,1H3,(H,17,20). The number of rotatable bonds is 5. The van der Waals surface area contributed by atoms with E-state index in [-0.39, 0.29) is 5.91 Å². The number of benzene rings is 2. The fraction of sp³-hybridized carbons (Fsp3) is 0.133. The summed E-state index contributed by atoms with van der Waals surface area (Å²) in [5.74, 6) is 1.05. The van der Waals surface area contributed by atoms with Crippen LogP contribution in [0.4, 0.5) is 5.69 Å². The van der Waals surface area contributed by atoms with Crippen LogP contribution in [-0.2, 0) is 4.79 Å². The first kappa shape index (κ1) is 14.4. The lowest BCUT2D eigenvalue weighted by atomic mass is 10.2. The Morgan fingerprint density at radius 3 is 2.38 bits per heavy atom. The molecule has 0 saturated carbocycles. The molecule has 0 saturated heterocycles. The molecule has 1 unspecified atom stereocenters. The van der Waals surface area contributed by atoms with Gasteiger partial charge in [-0.15, -0.1) is 0 Å². The quantitative estimate of drug-likeness (QED) is 0.508. The molecule has 1 atom stereocenters. The van der Waals surface area contributed by atoms with Crippen molar-refractivity contribution in [3.63, 3.8) is 0 Å². The van der Waals surface area contributed by atoms with Crippen LogP contribution in [0.25, 0.3) is 10.4 Å². The monoisotopic (exact) mass is 282 g/mol. The van der Waals surface area contributed by atoms with Gasteiger partial charge in [0.25, 0.3) is 0 Å². The zero-order valence-electron chi connectivity index (χ0n) is 11.4. The number of amides is 1. The smallest absolute Gasteiger partial charge is 0.233 e. The number of carbonyl (C=O) groups excluding carboxylic acids is 1. The zero-order chi connectivity index (χ0) is 15.1. The topological polar surface area (TPSA) is 87.1 Å². The van der Waals surface area contributed by atoms with E-state index in [1.54, 1.807) is 24.3 Å². The summed E-state index contributed by atoms with van der Waals surface area (Å²) in [5.41, 5.74) is 8.90. The second-order valence-electron chi connectivity index (χ2n) is 4.31. The number of hydrogen-bond donors (Lipinski definition) is 1. The van der Waals surface area contributed by atoms with Crippen molar-refractivity contribution in [3.05, 3.63) is 65.0 Å². The van der Waals surface area contributed by atoms with Crippen molar-refractivity contribution in [2.75, 3.05) is 5.32 Å². The van der Waals surface area contributed by atoms with E-state index in [2.05, 4.69) is 15.3 Å². The van der Waals surface area contributed by atoms with Gasteiger partial charge in [0, 0.05) is 10.6 Å². The molecule has 0 aliphatic rings. The first-order valence-corrected chi connectivity index (χ1v) is 6.37. The predicted octanol–water partition coefficient (Wildman–Crippen LogP) is 4.12. The summed E-state index contributed by atoms with van der Waals surface area (Å²) in [5, 5.41) is 6.00. The molecule has 6 nitrogen and oxygen atoms in total.